The molecule has 1 atom stereocenters. The fourth-order valence-corrected chi connectivity index (χ4v) is 3.21. The SMILES string of the molecule is C[C@H](NC(=O)CCc1ccccc1Cl)c1ccc(S(C)(=O)=O)cc1. The Balaban J connectivity index is 1.93. The average molecular weight is 366 g/mol. The van der Waals surface area contributed by atoms with E-state index in [9.17, 15) is 13.2 Å². The lowest BCUT2D eigenvalue weighted by Gasteiger charge is -2.15. The van der Waals surface area contributed by atoms with E-state index >= 15 is 0 Å². The van der Waals surface area contributed by atoms with Crippen LogP contribution in [0.5, 0.6) is 0 Å². The van der Waals surface area contributed by atoms with E-state index in [0.29, 0.717) is 17.9 Å². The van der Waals surface area contributed by atoms with Gasteiger partial charge in [-0.2, -0.15) is 0 Å². The Bertz CT molecular complexity index is 816. The number of nitrogens with one attached hydrogen (secondary N) is 1. The molecular weight excluding hydrogens is 346 g/mol. The summed E-state index contributed by atoms with van der Waals surface area (Å²) in [5.74, 6) is -0.0744. The number of sulfone groups is 1. The van der Waals surface area contributed by atoms with Gasteiger partial charge in [0.15, 0.2) is 9.84 Å². The molecule has 2 rings (SSSR count). The number of carbonyl (C=O) groups is 1. The molecule has 0 saturated carbocycles. The van der Waals surface area contributed by atoms with Crippen LogP contribution in [0.25, 0.3) is 0 Å². The zero-order chi connectivity index (χ0) is 17.7. The Kier molecular flexibility index (Phi) is 6.02. The molecule has 2 aromatic carbocycles. The van der Waals surface area contributed by atoms with Crippen molar-refractivity contribution in [2.75, 3.05) is 6.26 Å². The van der Waals surface area contributed by atoms with Gasteiger partial charge < -0.3 is 5.32 Å². The standard InChI is InChI=1S/C18H20ClNO3S/c1-13(14-7-10-16(11-8-14)24(2,22)23)20-18(21)12-9-15-5-3-4-6-17(15)19/h3-8,10-11,13H,9,12H2,1-2H3,(H,20,21)/t13-/m0/s1. The average Bonchev–Trinajstić information content (AvgIpc) is 2.53. The minimum absolute atomic E-state index is 0.0744. The van der Waals surface area contributed by atoms with Crippen molar-refractivity contribution in [1.82, 2.24) is 5.32 Å². The highest BCUT2D eigenvalue weighted by Gasteiger charge is 2.12. The summed E-state index contributed by atoms with van der Waals surface area (Å²) in [4.78, 5) is 12.4. The Morgan fingerprint density at radius 3 is 2.33 bits per heavy atom. The molecule has 24 heavy (non-hydrogen) atoms. The molecule has 1 amide bonds. The molecule has 0 saturated heterocycles. The van der Waals surface area contributed by atoms with Gasteiger partial charge in [-0.15, -0.1) is 0 Å². The first-order valence-corrected chi connectivity index (χ1v) is 9.87. The minimum Gasteiger partial charge on any atom is -0.350 e. The number of benzene rings is 2. The highest BCUT2D eigenvalue weighted by Crippen LogP contribution is 2.18. The smallest absolute Gasteiger partial charge is 0.220 e. The summed E-state index contributed by atoms with van der Waals surface area (Å²) >= 11 is 6.08. The van der Waals surface area contributed by atoms with Crippen LogP contribution in [-0.4, -0.2) is 20.6 Å². The quantitative estimate of drug-likeness (QED) is 0.851. The van der Waals surface area contributed by atoms with Crippen LogP contribution < -0.4 is 5.32 Å². The third kappa shape index (κ3) is 5.08. The first kappa shape index (κ1) is 18.5. The van der Waals surface area contributed by atoms with Crippen LogP contribution in [0.1, 0.15) is 30.5 Å². The van der Waals surface area contributed by atoms with Crippen LogP contribution in [0.15, 0.2) is 53.4 Å². The summed E-state index contributed by atoms with van der Waals surface area (Å²) < 4.78 is 22.9. The molecule has 2 aromatic rings. The monoisotopic (exact) mass is 365 g/mol. The molecule has 4 nitrogen and oxygen atoms in total. The van der Waals surface area contributed by atoms with Crippen LogP contribution in [0.4, 0.5) is 0 Å². The molecule has 0 heterocycles. The summed E-state index contributed by atoms with van der Waals surface area (Å²) in [5, 5.41) is 3.57. The number of carbonyl (C=O) groups excluding carboxylic acids is 1. The fraction of sp³-hybridized carbons (Fsp3) is 0.278. The van der Waals surface area contributed by atoms with Gasteiger partial charge in [-0.05, 0) is 42.7 Å². The Hall–Kier alpha value is -1.85. The fourth-order valence-electron chi connectivity index (χ4n) is 2.35. The van der Waals surface area contributed by atoms with E-state index in [0.717, 1.165) is 11.1 Å². The van der Waals surface area contributed by atoms with Crippen LogP contribution in [0.3, 0.4) is 0 Å². The van der Waals surface area contributed by atoms with Crippen molar-refractivity contribution in [3.8, 4) is 0 Å². The topological polar surface area (TPSA) is 63.2 Å². The number of hydrogen-bond acceptors (Lipinski definition) is 3. The molecule has 0 spiro atoms. The number of hydrogen-bond donors (Lipinski definition) is 1. The van der Waals surface area contributed by atoms with Gasteiger partial charge >= 0.3 is 0 Å². The maximum Gasteiger partial charge on any atom is 0.220 e. The highest BCUT2D eigenvalue weighted by atomic mass is 35.5. The maximum absolute atomic E-state index is 12.1. The van der Waals surface area contributed by atoms with Crippen LogP contribution >= 0.6 is 11.6 Å². The van der Waals surface area contributed by atoms with Gasteiger partial charge in [0.2, 0.25) is 5.91 Å². The summed E-state index contributed by atoms with van der Waals surface area (Å²) in [6.07, 6.45) is 2.09. The van der Waals surface area contributed by atoms with Gasteiger partial charge in [-0.25, -0.2) is 8.42 Å². The van der Waals surface area contributed by atoms with E-state index < -0.39 is 9.84 Å². The number of amides is 1. The van der Waals surface area contributed by atoms with E-state index in [4.69, 9.17) is 11.6 Å². The summed E-state index contributed by atoms with van der Waals surface area (Å²) in [5.41, 5.74) is 1.80. The largest absolute Gasteiger partial charge is 0.350 e. The van der Waals surface area contributed by atoms with Crippen molar-refractivity contribution in [3.63, 3.8) is 0 Å². The normalized spacial score (nSPS) is 12.6. The van der Waals surface area contributed by atoms with Gasteiger partial charge in [-0.1, -0.05) is 41.9 Å². The number of rotatable bonds is 6. The molecule has 1 N–H and O–H groups in total. The molecule has 0 aliphatic heterocycles. The van der Waals surface area contributed by atoms with Crippen molar-refractivity contribution in [3.05, 3.63) is 64.7 Å². The van der Waals surface area contributed by atoms with Gasteiger partial charge in [0.1, 0.15) is 0 Å². The third-order valence-corrected chi connectivity index (χ3v) is 5.26. The van der Waals surface area contributed by atoms with Crippen molar-refractivity contribution < 1.29 is 13.2 Å². The molecule has 0 aromatic heterocycles. The first-order valence-electron chi connectivity index (χ1n) is 7.60. The molecule has 0 fully saturated rings. The molecular formula is C18H20ClNO3S. The molecule has 0 aliphatic carbocycles. The summed E-state index contributed by atoms with van der Waals surface area (Å²) in [7, 11) is -3.21. The van der Waals surface area contributed by atoms with Gasteiger partial charge in [0, 0.05) is 17.7 Å². The second-order valence-corrected chi connectivity index (χ2v) is 8.14. The zero-order valence-electron chi connectivity index (χ0n) is 13.6. The minimum atomic E-state index is -3.21. The molecule has 0 radical (unpaired) electrons. The first-order chi connectivity index (χ1) is 11.3. The third-order valence-electron chi connectivity index (χ3n) is 3.76. The molecule has 6 heteroatoms. The van der Waals surface area contributed by atoms with E-state index in [-0.39, 0.29) is 16.8 Å². The predicted molar refractivity (Wildman–Crippen MR) is 95.9 cm³/mol. The number of aryl methyl sites for hydroxylation is 1. The second-order valence-electron chi connectivity index (χ2n) is 5.72. The van der Waals surface area contributed by atoms with Crippen molar-refractivity contribution >= 4 is 27.3 Å². The van der Waals surface area contributed by atoms with Crippen molar-refractivity contribution in [1.29, 1.82) is 0 Å². The molecule has 0 bridgehead atoms. The van der Waals surface area contributed by atoms with Crippen LogP contribution in [0.2, 0.25) is 5.02 Å². The zero-order valence-corrected chi connectivity index (χ0v) is 15.2. The lowest BCUT2D eigenvalue weighted by Crippen LogP contribution is -2.26. The van der Waals surface area contributed by atoms with Crippen molar-refractivity contribution in [2.24, 2.45) is 0 Å². The Labute approximate surface area is 147 Å². The van der Waals surface area contributed by atoms with Gasteiger partial charge in [0.25, 0.3) is 0 Å². The predicted octanol–water partition coefficient (Wildman–Crippen LogP) is 3.55. The lowest BCUT2D eigenvalue weighted by molar-refractivity contribution is -0.121. The maximum atomic E-state index is 12.1. The van der Waals surface area contributed by atoms with E-state index in [1.807, 2.05) is 25.1 Å². The van der Waals surface area contributed by atoms with Crippen LogP contribution in [-0.2, 0) is 21.1 Å². The molecule has 128 valence electrons. The van der Waals surface area contributed by atoms with Gasteiger partial charge in [0.05, 0.1) is 10.9 Å². The summed E-state index contributed by atoms with van der Waals surface area (Å²) in [6.45, 7) is 1.86. The van der Waals surface area contributed by atoms with Gasteiger partial charge in [-0.3, -0.25) is 4.79 Å². The van der Waals surface area contributed by atoms with E-state index in [2.05, 4.69) is 5.32 Å². The second kappa shape index (κ2) is 7.81. The summed E-state index contributed by atoms with van der Waals surface area (Å²) in [6, 6.07) is 13.8. The van der Waals surface area contributed by atoms with Crippen LogP contribution in [0, 0.1) is 0 Å². The molecule has 0 aliphatic rings. The molecule has 0 unspecified atom stereocenters. The lowest BCUT2D eigenvalue weighted by atomic mass is 10.1. The van der Waals surface area contributed by atoms with E-state index in [1.165, 1.54) is 6.26 Å². The highest BCUT2D eigenvalue weighted by molar-refractivity contribution is 7.90. The van der Waals surface area contributed by atoms with Crippen molar-refractivity contribution in [2.45, 2.75) is 30.7 Å². The van der Waals surface area contributed by atoms with E-state index in [1.54, 1.807) is 30.3 Å². The Morgan fingerprint density at radius 1 is 1.12 bits per heavy atom. The Morgan fingerprint density at radius 2 is 1.75 bits per heavy atom. The number of halogens is 1.